The maximum absolute atomic E-state index is 12.7. The van der Waals surface area contributed by atoms with Gasteiger partial charge in [-0.05, 0) is 29.8 Å². The Hall–Kier alpha value is -2.22. The van der Waals surface area contributed by atoms with E-state index in [1.165, 1.54) is 16.4 Å². The van der Waals surface area contributed by atoms with Crippen LogP contribution in [-0.4, -0.2) is 54.7 Å². The van der Waals surface area contributed by atoms with Crippen LogP contribution in [0.25, 0.3) is 6.08 Å². The number of carbonyl (C=O) groups is 1. The summed E-state index contributed by atoms with van der Waals surface area (Å²) in [4.78, 5) is 18.0. The molecule has 1 aliphatic heterocycles. The molecule has 2 aromatic rings. The highest BCUT2D eigenvalue weighted by Gasteiger charge is 2.30. The molecule has 0 spiro atoms. The van der Waals surface area contributed by atoms with Crippen molar-refractivity contribution >= 4 is 33.6 Å². The van der Waals surface area contributed by atoms with Crippen LogP contribution in [0.3, 0.4) is 0 Å². The lowest BCUT2D eigenvalue weighted by atomic mass is 10.2. The standard InChI is InChI=1S/C18H18ClN3O3S/c19-16-5-1-2-6-17(16)26(24,25)22-12-10-21(11-13-22)18(23)8-7-15-4-3-9-20-14-15/h1-9,14H,10-13H2/b8-7+. The Kier molecular flexibility index (Phi) is 5.70. The minimum atomic E-state index is -3.66. The van der Waals surface area contributed by atoms with Crippen molar-refractivity contribution in [2.45, 2.75) is 4.90 Å². The number of hydrogen-bond acceptors (Lipinski definition) is 4. The Morgan fingerprint density at radius 2 is 1.81 bits per heavy atom. The Balaban J connectivity index is 1.63. The van der Waals surface area contributed by atoms with E-state index < -0.39 is 10.0 Å². The molecule has 0 N–H and O–H groups in total. The lowest BCUT2D eigenvalue weighted by Gasteiger charge is -2.33. The van der Waals surface area contributed by atoms with Gasteiger partial charge in [-0.25, -0.2) is 8.42 Å². The highest BCUT2D eigenvalue weighted by atomic mass is 35.5. The lowest BCUT2D eigenvalue weighted by Crippen LogP contribution is -2.50. The highest BCUT2D eigenvalue weighted by molar-refractivity contribution is 7.89. The van der Waals surface area contributed by atoms with Gasteiger partial charge in [0.25, 0.3) is 0 Å². The van der Waals surface area contributed by atoms with Crippen molar-refractivity contribution in [3.63, 3.8) is 0 Å². The zero-order valence-corrected chi connectivity index (χ0v) is 15.5. The summed E-state index contributed by atoms with van der Waals surface area (Å²) in [5.74, 6) is -0.149. The van der Waals surface area contributed by atoms with Gasteiger partial charge in [0.05, 0.1) is 5.02 Å². The Bertz CT molecular complexity index is 908. The van der Waals surface area contributed by atoms with Crippen LogP contribution in [0.15, 0.2) is 59.8 Å². The molecule has 0 unspecified atom stereocenters. The first-order valence-electron chi connectivity index (χ1n) is 8.10. The van der Waals surface area contributed by atoms with Crippen molar-refractivity contribution in [3.05, 3.63) is 65.5 Å². The monoisotopic (exact) mass is 391 g/mol. The molecule has 2 heterocycles. The Morgan fingerprint density at radius 1 is 1.08 bits per heavy atom. The van der Waals surface area contributed by atoms with Crippen LogP contribution < -0.4 is 0 Å². The summed E-state index contributed by atoms with van der Waals surface area (Å²) in [6.45, 7) is 1.14. The first-order chi connectivity index (χ1) is 12.5. The number of rotatable bonds is 4. The third kappa shape index (κ3) is 4.12. The molecule has 0 atom stereocenters. The molecule has 1 aromatic carbocycles. The van der Waals surface area contributed by atoms with E-state index >= 15 is 0 Å². The van der Waals surface area contributed by atoms with Gasteiger partial charge in [-0.1, -0.05) is 29.8 Å². The number of nitrogens with zero attached hydrogens (tertiary/aromatic N) is 3. The predicted octanol–water partition coefficient (Wildman–Crippen LogP) is 2.28. The van der Waals surface area contributed by atoms with Crippen molar-refractivity contribution in [2.24, 2.45) is 0 Å². The quantitative estimate of drug-likeness (QED) is 0.750. The third-order valence-corrected chi connectivity index (χ3v) is 6.51. The molecule has 1 amide bonds. The van der Waals surface area contributed by atoms with E-state index in [1.807, 2.05) is 6.07 Å². The molecule has 3 rings (SSSR count). The van der Waals surface area contributed by atoms with E-state index in [1.54, 1.807) is 47.6 Å². The van der Waals surface area contributed by atoms with Crippen LogP contribution in [-0.2, 0) is 14.8 Å². The zero-order chi connectivity index (χ0) is 18.6. The first kappa shape index (κ1) is 18.6. The number of piperazine rings is 1. The van der Waals surface area contributed by atoms with Gasteiger partial charge in [-0.3, -0.25) is 9.78 Å². The first-order valence-corrected chi connectivity index (χ1v) is 9.92. The van der Waals surface area contributed by atoms with E-state index in [2.05, 4.69) is 4.98 Å². The van der Waals surface area contributed by atoms with E-state index in [0.29, 0.717) is 13.1 Å². The highest BCUT2D eigenvalue weighted by Crippen LogP contribution is 2.25. The second kappa shape index (κ2) is 7.99. The maximum Gasteiger partial charge on any atom is 0.246 e. The van der Waals surface area contributed by atoms with Crippen LogP contribution in [0.4, 0.5) is 0 Å². The summed E-state index contributed by atoms with van der Waals surface area (Å²) in [5, 5.41) is 0.199. The van der Waals surface area contributed by atoms with Crippen LogP contribution in [0.2, 0.25) is 5.02 Å². The van der Waals surface area contributed by atoms with Crippen LogP contribution in [0, 0.1) is 0 Å². The molecule has 0 radical (unpaired) electrons. The van der Waals surface area contributed by atoms with Gasteiger partial charge in [0.15, 0.2) is 0 Å². The van der Waals surface area contributed by atoms with Gasteiger partial charge in [0.1, 0.15) is 4.90 Å². The fourth-order valence-corrected chi connectivity index (χ4v) is 4.60. The molecule has 1 aromatic heterocycles. The molecule has 1 saturated heterocycles. The minimum absolute atomic E-state index is 0.0953. The van der Waals surface area contributed by atoms with E-state index in [0.717, 1.165) is 5.56 Å². The van der Waals surface area contributed by atoms with Crippen LogP contribution in [0.1, 0.15) is 5.56 Å². The van der Waals surface area contributed by atoms with Crippen molar-refractivity contribution in [1.82, 2.24) is 14.2 Å². The number of halogens is 1. The smallest absolute Gasteiger partial charge is 0.246 e. The molecule has 136 valence electrons. The molecular formula is C18H18ClN3O3S. The summed E-state index contributed by atoms with van der Waals surface area (Å²) in [5.41, 5.74) is 0.834. The van der Waals surface area contributed by atoms with Gasteiger partial charge in [0.2, 0.25) is 15.9 Å². The molecule has 0 aliphatic carbocycles. The summed E-state index contributed by atoms with van der Waals surface area (Å²) in [6, 6.07) is 10.0. The molecule has 1 fully saturated rings. The molecule has 0 bridgehead atoms. The lowest BCUT2D eigenvalue weighted by molar-refractivity contribution is -0.127. The zero-order valence-electron chi connectivity index (χ0n) is 14.0. The molecule has 8 heteroatoms. The number of pyridine rings is 1. The number of amides is 1. The van der Waals surface area contributed by atoms with Crippen molar-refractivity contribution in [3.8, 4) is 0 Å². The fraction of sp³-hybridized carbons (Fsp3) is 0.222. The van der Waals surface area contributed by atoms with Crippen molar-refractivity contribution in [1.29, 1.82) is 0 Å². The van der Waals surface area contributed by atoms with Crippen molar-refractivity contribution in [2.75, 3.05) is 26.2 Å². The number of carbonyl (C=O) groups excluding carboxylic acids is 1. The Morgan fingerprint density at radius 3 is 2.46 bits per heavy atom. The summed E-state index contributed by atoms with van der Waals surface area (Å²) in [7, 11) is -3.66. The van der Waals surface area contributed by atoms with Gasteiger partial charge in [0, 0.05) is 44.6 Å². The summed E-state index contributed by atoms with van der Waals surface area (Å²) >= 11 is 6.02. The van der Waals surface area contributed by atoms with E-state index in [9.17, 15) is 13.2 Å². The van der Waals surface area contributed by atoms with E-state index in [4.69, 9.17) is 11.6 Å². The molecule has 0 saturated carbocycles. The summed E-state index contributed by atoms with van der Waals surface area (Å²) < 4.78 is 26.8. The number of benzene rings is 1. The van der Waals surface area contributed by atoms with Crippen LogP contribution in [0.5, 0.6) is 0 Å². The van der Waals surface area contributed by atoms with E-state index in [-0.39, 0.29) is 28.9 Å². The topological polar surface area (TPSA) is 70.6 Å². The average Bonchev–Trinajstić information content (AvgIpc) is 2.67. The second-order valence-corrected chi connectivity index (χ2v) is 8.09. The molecule has 1 aliphatic rings. The minimum Gasteiger partial charge on any atom is -0.337 e. The van der Waals surface area contributed by atoms with Crippen molar-refractivity contribution < 1.29 is 13.2 Å². The van der Waals surface area contributed by atoms with Gasteiger partial charge >= 0.3 is 0 Å². The second-order valence-electron chi connectivity index (χ2n) is 5.78. The molecule has 6 nitrogen and oxygen atoms in total. The summed E-state index contributed by atoms with van der Waals surface area (Å²) in [6.07, 6.45) is 6.51. The number of hydrogen-bond donors (Lipinski definition) is 0. The van der Waals surface area contributed by atoms with Crippen LogP contribution >= 0.6 is 11.6 Å². The number of aromatic nitrogens is 1. The molecular weight excluding hydrogens is 374 g/mol. The van der Waals surface area contributed by atoms with Gasteiger partial charge in [-0.2, -0.15) is 4.31 Å². The Labute approximate surface area is 157 Å². The SMILES string of the molecule is O=C(/C=C/c1cccnc1)N1CCN(S(=O)(=O)c2ccccc2Cl)CC1. The normalized spacial score (nSPS) is 16.1. The average molecular weight is 392 g/mol. The fourth-order valence-electron chi connectivity index (χ4n) is 2.69. The largest absolute Gasteiger partial charge is 0.337 e. The molecule has 26 heavy (non-hydrogen) atoms. The predicted molar refractivity (Wildman–Crippen MR) is 100 cm³/mol. The number of sulfonamides is 1. The van der Waals surface area contributed by atoms with Gasteiger partial charge < -0.3 is 4.90 Å². The maximum atomic E-state index is 12.7. The third-order valence-electron chi connectivity index (χ3n) is 4.11. The van der Waals surface area contributed by atoms with Gasteiger partial charge in [-0.15, -0.1) is 0 Å².